The quantitative estimate of drug-likeness (QED) is 0.392. The Morgan fingerprint density at radius 3 is 1.14 bits per heavy atom. The number of carboxylic acids is 4. The number of carbonyl (C=O) groups is 4. The first-order valence-corrected chi connectivity index (χ1v) is 5.54. The summed E-state index contributed by atoms with van der Waals surface area (Å²) in [5.74, 6) is -7.34. The van der Waals surface area contributed by atoms with Gasteiger partial charge < -0.3 is 30.6 Å². The van der Waals surface area contributed by atoms with Gasteiger partial charge in [0.15, 0.2) is 12.2 Å². The van der Waals surface area contributed by atoms with Crippen LogP contribution in [0, 0.1) is 0 Å². The van der Waals surface area contributed by atoms with Gasteiger partial charge in [0.25, 0.3) is 0 Å². The summed E-state index contributed by atoms with van der Waals surface area (Å²) in [6, 6.07) is 1.40. The average Bonchev–Trinajstić information content (AvgIpc) is 2.43. The molecule has 10 nitrogen and oxygen atoms in total. The number of hydrogen-bond acceptors (Lipinski definition) is 6. The Morgan fingerprint density at radius 2 is 0.955 bits per heavy atom. The molecule has 0 aliphatic rings. The molecule has 22 heavy (non-hydrogen) atoms. The molecule has 0 aromatic heterocycles. The Balaban J connectivity index is 3.89. The van der Waals surface area contributed by atoms with Crippen molar-refractivity contribution in [3.8, 4) is 0 Å². The third-order valence-electron chi connectivity index (χ3n) is 2.76. The van der Waals surface area contributed by atoms with E-state index < -0.39 is 58.3 Å². The highest BCUT2D eigenvalue weighted by atomic mass is 16.4. The normalized spacial score (nSPS) is 13.2. The fourth-order valence-electron chi connectivity index (χ4n) is 1.85. The Bertz CT molecular complexity index is 605. The summed E-state index contributed by atoms with van der Waals surface area (Å²) in [4.78, 5) is 44.0. The van der Waals surface area contributed by atoms with E-state index in [4.69, 9.17) is 20.4 Å². The zero-order chi connectivity index (χ0) is 17.2. The fraction of sp³-hybridized carbons (Fsp3) is 0.167. The van der Waals surface area contributed by atoms with Crippen molar-refractivity contribution >= 4 is 23.9 Å². The molecule has 0 aliphatic heterocycles. The zero-order valence-electron chi connectivity index (χ0n) is 10.6. The molecule has 2 unspecified atom stereocenters. The van der Waals surface area contributed by atoms with Gasteiger partial charge in [-0.3, -0.25) is 0 Å². The Morgan fingerprint density at radius 1 is 0.682 bits per heavy atom. The lowest BCUT2D eigenvalue weighted by atomic mass is 9.88. The summed E-state index contributed by atoms with van der Waals surface area (Å²) in [5.41, 5.74) is -3.69. The lowest BCUT2D eigenvalue weighted by Gasteiger charge is -2.19. The molecule has 118 valence electrons. The topological polar surface area (TPSA) is 190 Å². The summed E-state index contributed by atoms with van der Waals surface area (Å²) in [6.45, 7) is 0. The SMILES string of the molecule is O=C(O)c1ccc(C(=O)O)c(C(O)C(=O)O)c1C(O)C(=O)O. The molecule has 10 heteroatoms. The van der Waals surface area contributed by atoms with Crippen molar-refractivity contribution < 1.29 is 49.8 Å². The third kappa shape index (κ3) is 3.02. The number of hydrogen-bond donors (Lipinski definition) is 6. The molecule has 0 fully saturated rings. The maximum Gasteiger partial charge on any atom is 0.337 e. The van der Waals surface area contributed by atoms with E-state index in [1.165, 1.54) is 0 Å². The minimum absolute atomic E-state index is 0.700. The second-order valence-corrected chi connectivity index (χ2v) is 4.08. The van der Waals surface area contributed by atoms with Crippen molar-refractivity contribution in [1.29, 1.82) is 0 Å². The first kappa shape index (κ1) is 17.1. The van der Waals surface area contributed by atoms with E-state index in [-0.39, 0.29) is 0 Å². The van der Waals surface area contributed by atoms with Gasteiger partial charge in [-0.1, -0.05) is 0 Å². The van der Waals surface area contributed by atoms with Gasteiger partial charge in [0.1, 0.15) is 0 Å². The molecule has 0 aliphatic carbocycles. The summed E-state index contributed by atoms with van der Waals surface area (Å²) in [5, 5.41) is 54.7. The van der Waals surface area contributed by atoms with Gasteiger partial charge in [0.2, 0.25) is 0 Å². The zero-order valence-corrected chi connectivity index (χ0v) is 10.6. The van der Waals surface area contributed by atoms with Crippen LogP contribution in [0.3, 0.4) is 0 Å². The summed E-state index contributed by atoms with van der Waals surface area (Å²) in [7, 11) is 0. The Kier molecular flexibility index (Phi) is 4.81. The maximum absolute atomic E-state index is 11.1. The first-order valence-electron chi connectivity index (χ1n) is 5.54. The second-order valence-electron chi connectivity index (χ2n) is 4.08. The molecule has 0 heterocycles. The number of aliphatic hydroxyl groups is 2. The van der Waals surface area contributed by atoms with E-state index in [0.717, 1.165) is 0 Å². The molecule has 1 rings (SSSR count). The molecule has 0 saturated heterocycles. The molecular formula is C12H10O10. The number of benzene rings is 1. The van der Waals surface area contributed by atoms with E-state index >= 15 is 0 Å². The predicted molar refractivity (Wildman–Crippen MR) is 65.6 cm³/mol. The lowest BCUT2D eigenvalue weighted by Crippen LogP contribution is -2.24. The van der Waals surface area contributed by atoms with Crippen LogP contribution in [0.4, 0.5) is 0 Å². The van der Waals surface area contributed by atoms with E-state index in [9.17, 15) is 29.4 Å². The second kappa shape index (κ2) is 6.20. The number of aliphatic hydroxyl groups excluding tert-OH is 2. The predicted octanol–water partition coefficient (Wildman–Crippen LogP) is -0.681. The minimum Gasteiger partial charge on any atom is -0.479 e. The van der Waals surface area contributed by atoms with Crippen LogP contribution < -0.4 is 0 Å². The molecule has 0 bridgehead atoms. The molecule has 0 spiro atoms. The highest BCUT2D eigenvalue weighted by Crippen LogP contribution is 2.31. The van der Waals surface area contributed by atoms with Gasteiger partial charge in [-0.25, -0.2) is 19.2 Å². The van der Waals surface area contributed by atoms with Crippen LogP contribution in [0.1, 0.15) is 44.1 Å². The molecule has 0 radical (unpaired) electrons. The molecule has 2 atom stereocenters. The van der Waals surface area contributed by atoms with Gasteiger partial charge in [0.05, 0.1) is 11.1 Å². The van der Waals surface area contributed by atoms with Crippen LogP contribution in [-0.4, -0.2) is 54.5 Å². The Hall–Kier alpha value is -2.98. The van der Waals surface area contributed by atoms with Gasteiger partial charge >= 0.3 is 23.9 Å². The monoisotopic (exact) mass is 314 g/mol. The van der Waals surface area contributed by atoms with Crippen LogP contribution in [0.25, 0.3) is 0 Å². The minimum atomic E-state index is -2.53. The van der Waals surface area contributed by atoms with Crippen molar-refractivity contribution in [2.24, 2.45) is 0 Å². The molecule has 6 N–H and O–H groups in total. The van der Waals surface area contributed by atoms with Crippen LogP contribution in [0.2, 0.25) is 0 Å². The van der Waals surface area contributed by atoms with Crippen molar-refractivity contribution in [2.45, 2.75) is 12.2 Å². The molecule has 1 aromatic carbocycles. The number of aliphatic carboxylic acids is 2. The van der Waals surface area contributed by atoms with Crippen LogP contribution >= 0.6 is 0 Å². The smallest absolute Gasteiger partial charge is 0.337 e. The van der Waals surface area contributed by atoms with E-state index in [2.05, 4.69) is 0 Å². The van der Waals surface area contributed by atoms with Gasteiger partial charge in [-0.05, 0) is 12.1 Å². The molecule has 0 saturated carbocycles. The molecular weight excluding hydrogens is 304 g/mol. The summed E-state index contributed by atoms with van der Waals surface area (Å²) in [6.07, 6.45) is -5.07. The van der Waals surface area contributed by atoms with Crippen LogP contribution in [0.5, 0.6) is 0 Å². The number of carboxylic acid groups (broad SMARTS) is 4. The highest BCUT2D eigenvalue weighted by molar-refractivity contribution is 5.98. The van der Waals surface area contributed by atoms with Crippen LogP contribution in [-0.2, 0) is 9.59 Å². The van der Waals surface area contributed by atoms with E-state index in [1.54, 1.807) is 0 Å². The maximum atomic E-state index is 11.1. The van der Waals surface area contributed by atoms with Gasteiger partial charge in [-0.15, -0.1) is 0 Å². The molecule has 0 amide bonds. The van der Waals surface area contributed by atoms with Crippen molar-refractivity contribution in [3.05, 3.63) is 34.4 Å². The van der Waals surface area contributed by atoms with Gasteiger partial charge in [-0.2, -0.15) is 0 Å². The lowest BCUT2D eigenvalue weighted by molar-refractivity contribution is -0.149. The summed E-state index contributed by atoms with van der Waals surface area (Å²) >= 11 is 0. The van der Waals surface area contributed by atoms with E-state index in [0.29, 0.717) is 12.1 Å². The largest absolute Gasteiger partial charge is 0.479 e. The van der Waals surface area contributed by atoms with Gasteiger partial charge in [0, 0.05) is 11.1 Å². The molecule has 1 aromatic rings. The Labute approximate surface area is 121 Å². The average molecular weight is 314 g/mol. The summed E-state index contributed by atoms with van der Waals surface area (Å²) < 4.78 is 0. The third-order valence-corrected chi connectivity index (χ3v) is 2.76. The van der Waals surface area contributed by atoms with Crippen molar-refractivity contribution in [3.63, 3.8) is 0 Å². The first-order chi connectivity index (χ1) is 10.1. The van der Waals surface area contributed by atoms with E-state index in [1.807, 2.05) is 0 Å². The fourth-order valence-corrected chi connectivity index (χ4v) is 1.85. The van der Waals surface area contributed by atoms with Crippen molar-refractivity contribution in [2.75, 3.05) is 0 Å². The standard InChI is InChI=1S/C12H10O10/c13-7(11(19)20)5-3(9(15)16)1-2-4(10(17)18)6(5)8(14)12(21)22/h1-2,7-8,13-14H,(H,15,16)(H,17,18)(H,19,20)(H,21,22). The van der Waals surface area contributed by atoms with Crippen LogP contribution in [0.15, 0.2) is 12.1 Å². The van der Waals surface area contributed by atoms with Crippen molar-refractivity contribution in [1.82, 2.24) is 0 Å². The number of aromatic carboxylic acids is 2. The highest BCUT2D eigenvalue weighted by Gasteiger charge is 2.34. The number of rotatable bonds is 6.